The summed E-state index contributed by atoms with van der Waals surface area (Å²) in [5, 5.41) is 10.9. The molecule has 5 rings (SSSR count). The molecule has 3 aromatic carbocycles. The van der Waals surface area contributed by atoms with Gasteiger partial charge in [-0.1, -0.05) is 50.2 Å². The van der Waals surface area contributed by atoms with Crippen molar-refractivity contribution in [3.63, 3.8) is 0 Å². The molecule has 1 heterocycles. The average Bonchev–Trinajstić information content (AvgIpc) is 3.65. The highest BCUT2D eigenvalue weighted by Crippen LogP contribution is 2.41. The molecule has 33 heavy (non-hydrogen) atoms. The Morgan fingerprint density at radius 1 is 1.06 bits per heavy atom. The van der Waals surface area contributed by atoms with Crippen molar-refractivity contribution in [2.45, 2.75) is 45.6 Å². The van der Waals surface area contributed by atoms with Crippen LogP contribution in [0.4, 0.5) is 5.69 Å². The SMILES string of the molecule is COc1cccc(CN2CN=C(c3ccc(C(C)C)cc3)c3c2ccc(O)c3CC2CC2)c1. The molecule has 0 aromatic heterocycles. The van der Waals surface area contributed by atoms with Gasteiger partial charge in [0.15, 0.2) is 0 Å². The highest BCUT2D eigenvalue weighted by atomic mass is 16.5. The monoisotopic (exact) mass is 440 g/mol. The van der Waals surface area contributed by atoms with E-state index in [-0.39, 0.29) is 0 Å². The number of benzene rings is 3. The molecule has 0 spiro atoms. The smallest absolute Gasteiger partial charge is 0.119 e. The molecule has 4 nitrogen and oxygen atoms in total. The maximum absolute atomic E-state index is 10.9. The molecule has 1 N–H and O–H groups in total. The van der Waals surface area contributed by atoms with Gasteiger partial charge in [-0.2, -0.15) is 0 Å². The molecule has 0 saturated heterocycles. The minimum absolute atomic E-state index is 0.385. The van der Waals surface area contributed by atoms with E-state index in [9.17, 15) is 5.11 Å². The van der Waals surface area contributed by atoms with Gasteiger partial charge in [-0.05, 0) is 66.5 Å². The van der Waals surface area contributed by atoms with Crippen molar-refractivity contribution >= 4 is 11.4 Å². The number of rotatable bonds is 7. The van der Waals surface area contributed by atoms with E-state index in [0.717, 1.165) is 46.8 Å². The number of phenolic OH excluding ortho intramolecular Hbond substituents is 1. The van der Waals surface area contributed by atoms with Gasteiger partial charge >= 0.3 is 0 Å². The normalized spacial score (nSPS) is 15.4. The van der Waals surface area contributed by atoms with Crippen molar-refractivity contribution in [2.24, 2.45) is 10.9 Å². The lowest BCUT2D eigenvalue weighted by Gasteiger charge is -2.32. The zero-order valence-electron chi connectivity index (χ0n) is 19.7. The number of anilines is 1. The van der Waals surface area contributed by atoms with E-state index in [4.69, 9.17) is 9.73 Å². The second kappa shape index (κ2) is 8.93. The zero-order chi connectivity index (χ0) is 22.9. The average molecular weight is 441 g/mol. The summed E-state index contributed by atoms with van der Waals surface area (Å²) in [7, 11) is 1.70. The van der Waals surface area contributed by atoms with Crippen molar-refractivity contribution < 1.29 is 9.84 Å². The van der Waals surface area contributed by atoms with E-state index < -0.39 is 0 Å². The van der Waals surface area contributed by atoms with Crippen LogP contribution < -0.4 is 9.64 Å². The summed E-state index contributed by atoms with van der Waals surface area (Å²) >= 11 is 0. The van der Waals surface area contributed by atoms with Crippen LogP contribution in [0.1, 0.15) is 60.4 Å². The van der Waals surface area contributed by atoms with Gasteiger partial charge in [0, 0.05) is 28.9 Å². The van der Waals surface area contributed by atoms with Crippen LogP contribution in [0.5, 0.6) is 11.5 Å². The second-order valence-corrected chi connectivity index (χ2v) is 9.58. The van der Waals surface area contributed by atoms with Crippen LogP contribution in [0.2, 0.25) is 0 Å². The van der Waals surface area contributed by atoms with Gasteiger partial charge in [-0.3, -0.25) is 4.99 Å². The van der Waals surface area contributed by atoms with Crippen molar-refractivity contribution in [3.05, 3.63) is 88.5 Å². The Kier molecular flexibility index (Phi) is 5.84. The molecular formula is C29H32N2O2. The molecular weight excluding hydrogens is 408 g/mol. The van der Waals surface area contributed by atoms with Crippen molar-refractivity contribution in [1.82, 2.24) is 0 Å². The molecule has 0 unspecified atom stereocenters. The van der Waals surface area contributed by atoms with Crippen LogP contribution in [-0.4, -0.2) is 24.6 Å². The molecule has 1 fully saturated rings. The topological polar surface area (TPSA) is 45.1 Å². The Hall–Kier alpha value is -3.27. The van der Waals surface area contributed by atoms with Crippen molar-refractivity contribution in [2.75, 3.05) is 18.7 Å². The summed E-state index contributed by atoms with van der Waals surface area (Å²) in [4.78, 5) is 7.36. The zero-order valence-corrected chi connectivity index (χ0v) is 19.7. The number of aromatic hydroxyl groups is 1. The van der Waals surface area contributed by atoms with Crippen LogP contribution in [0.25, 0.3) is 0 Å². The van der Waals surface area contributed by atoms with Crippen molar-refractivity contribution in [3.8, 4) is 11.5 Å². The van der Waals surface area contributed by atoms with Gasteiger partial charge in [0.25, 0.3) is 0 Å². The van der Waals surface area contributed by atoms with Gasteiger partial charge in [0.05, 0.1) is 12.8 Å². The predicted molar refractivity (Wildman–Crippen MR) is 135 cm³/mol. The lowest BCUT2D eigenvalue weighted by molar-refractivity contribution is 0.414. The van der Waals surface area contributed by atoms with E-state index in [2.05, 4.69) is 61.2 Å². The first-order chi connectivity index (χ1) is 16.0. The number of hydrogen-bond donors (Lipinski definition) is 1. The van der Waals surface area contributed by atoms with E-state index in [1.54, 1.807) is 7.11 Å². The molecule has 4 heteroatoms. The summed E-state index contributed by atoms with van der Waals surface area (Å²) < 4.78 is 5.42. The molecule has 0 atom stereocenters. The summed E-state index contributed by atoms with van der Waals surface area (Å²) in [6.45, 7) is 5.75. The third kappa shape index (κ3) is 4.47. The number of nitrogens with zero attached hydrogens (tertiary/aromatic N) is 2. The van der Waals surface area contributed by atoms with E-state index in [1.807, 2.05) is 18.2 Å². The Morgan fingerprint density at radius 3 is 2.55 bits per heavy atom. The first kappa shape index (κ1) is 21.6. The van der Waals surface area contributed by atoms with E-state index in [1.165, 1.54) is 24.0 Å². The largest absolute Gasteiger partial charge is 0.508 e. The van der Waals surface area contributed by atoms with Crippen LogP contribution in [0.3, 0.4) is 0 Å². The fraction of sp³-hybridized carbons (Fsp3) is 0.345. The van der Waals surface area contributed by atoms with E-state index in [0.29, 0.717) is 24.3 Å². The van der Waals surface area contributed by atoms with Crippen molar-refractivity contribution in [1.29, 1.82) is 0 Å². The molecule has 0 radical (unpaired) electrons. The number of ether oxygens (including phenoxy) is 1. The molecule has 0 bridgehead atoms. The van der Waals surface area contributed by atoms with Gasteiger partial charge in [0.2, 0.25) is 0 Å². The number of fused-ring (bicyclic) bond motifs is 1. The molecule has 1 saturated carbocycles. The third-order valence-electron chi connectivity index (χ3n) is 6.79. The van der Waals surface area contributed by atoms with Crippen LogP contribution >= 0.6 is 0 Å². The molecule has 170 valence electrons. The summed E-state index contributed by atoms with van der Waals surface area (Å²) in [5.74, 6) is 2.41. The molecule has 1 aliphatic heterocycles. The van der Waals surface area contributed by atoms with Gasteiger partial charge < -0.3 is 14.7 Å². The standard InChI is InChI=1S/C29H32N2O2/c1-19(2)22-9-11-23(12-10-22)29-28-25(16-20-7-8-20)27(32)14-13-26(28)31(18-30-29)17-21-5-4-6-24(15-21)33-3/h4-6,9-15,19-20,32H,7-8,16-18H2,1-3H3. The molecule has 0 amide bonds. The Bertz CT molecular complexity index is 1180. The maximum Gasteiger partial charge on any atom is 0.119 e. The van der Waals surface area contributed by atoms with Gasteiger partial charge in [-0.25, -0.2) is 0 Å². The molecule has 1 aliphatic carbocycles. The second-order valence-electron chi connectivity index (χ2n) is 9.58. The Balaban J connectivity index is 1.57. The first-order valence-electron chi connectivity index (χ1n) is 11.9. The molecule has 3 aromatic rings. The number of phenols is 1. The minimum atomic E-state index is 0.385. The highest BCUT2D eigenvalue weighted by molar-refractivity contribution is 6.18. The summed E-state index contributed by atoms with van der Waals surface area (Å²) in [5.41, 5.74) is 7.88. The predicted octanol–water partition coefficient (Wildman–Crippen LogP) is 6.29. The van der Waals surface area contributed by atoms with E-state index >= 15 is 0 Å². The molecule has 2 aliphatic rings. The fourth-order valence-electron chi connectivity index (χ4n) is 4.67. The Morgan fingerprint density at radius 2 is 1.85 bits per heavy atom. The fourth-order valence-corrected chi connectivity index (χ4v) is 4.67. The Labute approximate surface area is 196 Å². The summed E-state index contributed by atoms with van der Waals surface area (Å²) in [6.07, 6.45) is 3.39. The number of aliphatic imine (C=N–C) groups is 1. The third-order valence-corrected chi connectivity index (χ3v) is 6.79. The highest BCUT2D eigenvalue weighted by Gasteiger charge is 2.30. The number of methoxy groups -OCH3 is 1. The van der Waals surface area contributed by atoms with Crippen LogP contribution in [-0.2, 0) is 13.0 Å². The first-order valence-corrected chi connectivity index (χ1v) is 11.9. The summed E-state index contributed by atoms with van der Waals surface area (Å²) in [6, 6.07) is 20.9. The lowest BCUT2D eigenvalue weighted by Crippen LogP contribution is -2.30. The van der Waals surface area contributed by atoms with Gasteiger partial charge in [-0.15, -0.1) is 0 Å². The van der Waals surface area contributed by atoms with Crippen LogP contribution in [0, 0.1) is 5.92 Å². The minimum Gasteiger partial charge on any atom is -0.508 e. The van der Waals surface area contributed by atoms with Gasteiger partial charge in [0.1, 0.15) is 18.2 Å². The van der Waals surface area contributed by atoms with Crippen LogP contribution in [0.15, 0.2) is 65.7 Å². The maximum atomic E-state index is 10.9. The quantitative estimate of drug-likeness (QED) is 0.469. The lowest BCUT2D eigenvalue weighted by atomic mass is 9.89. The number of hydrogen-bond acceptors (Lipinski definition) is 4.